The van der Waals surface area contributed by atoms with Crippen LogP contribution in [0.2, 0.25) is 0 Å². The number of hydrogen-bond acceptors (Lipinski definition) is 3. The van der Waals surface area contributed by atoms with Gasteiger partial charge in [-0.25, -0.2) is 0 Å². The van der Waals surface area contributed by atoms with Crippen molar-refractivity contribution in [3.05, 3.63) is 0 Å². The van der Waals surface area contributed by atoms with Gasteiger partial charge in [0.15, 0.2) is 0 Å². The topological polar surface area (TPSA) is 49.4 Å². The minimum Gasteiger partial charge on any atom is -0.342 e. The second-order valence-electron chi connectivity index (χ2n) is 3.90. The van der Waals surface area contributed by atoms with Gasteiger partial charge < -0.3 is 10.2 Å². The van der Waals surface area contributed by atoms with Crippen LogP contribution in [-0.4, -0.2) is 53.2 Å². The molecule has 1 aliphatic heterocycles. The van der Waals surface area contributed by atoms with Crippen LogP contribution in [0, 0.1) is 0 Å². The summed E-state index contributed by atoms with van der Waals surface area (Å²) >= 11 is 0. The van der Waals surface area contributed by atoms with Gasteiger partial charge in [0, 0.05) is 35.9 Å². The van der Waals surface area contributed by atoms with Gasteiger partial charge in [0.25, 0.3) is 0 Å². The number of nitrogens with one attached hydrogen (secondary N) is 1. The van der Waals surface area contributed by atoms with Gasteiger partial charge in [0.05, 0.1) is 6.54 Å². The molecule has 1 heterocycles. The van der Waals surface area contributed by atoms with Gasteiger partial charge >= 0.3 is 0 Å². The molecule has 0 saturated carbocycles. The van der Waals surface area contributed by atoms with Crippen LogP contribution in [0.15, 0.2) is 0 Å². The second kappa shape index (κ2) is 6.95. The van der Waals surface area contributed by atoms with Crippen molar-refractivity contribution < 1.29 is 9.00 Å². The molecule has 0 bridgehead atoms. The van der Waals surface area contributed by atoms with Crippen LogP contribution in [0.1, 0.15) is 19.3 Å². The molecule has 88 valence electrons. The number of hydrogen-bond donors (Lipinski definition) is 1. The lowest BCUT2D eigenvalue weighted by atomic mass is 10.4. The van der Waals surface area contributed by atoms with Crippen LogP contribution in [0.4, 0.5) is 0 Å². The molecule has 5 heteroatoms. The summed E-state index contributed by atoms with van der Waals surface area (Å²) in [6.45, 7) is 3.04. The van der Waals surface area contributed by atoms with E-state index in [-0.39, 0.29) is 5.91 Å². The lowest BCUT2D eigenvalue weighted by molar-refractivity contribution is -0.129. The Kier molecular flexibility index (Phi) is 5.86. The smallest absolute Gasteiger partial charge is 0.236 e. The fourth-order valence-corrected chi connectivity index (χ4v) is 2.22. The van der Waals surface area contributed by atoms with Gasteiger partial charge in [0.2, 0.25) is 5.91 Å². The molecule has 4 nitrogen and oxygen atoms in total. The minimum atomic E-state index is -0.717. The Balaban J connectivity index is 1.99. The van der Waals surface area contributed by atoms with Crippen LogP contribution in [0.5, 0.6) is 0 Å². The number of rotatable bonds is 6. The standard InChI is InChI=1S/C10H20N2O2S/c1-15(14)8-4-5-11-9-10(13)12-6-2-3-7-12/h11H,2-9H2,1H3. The first-order valence-electron chi connectivity index (χ1n) is 5.48. The van der Waals surface area contributed by atoms with Crippen molar-refractivity contribution in [3.63, 3.8) is 0 Å². The molecule has 0 aromatic rings. The van der Waals surface area contributed by atoms with Gasteiger partial charge in [0.1, 0.15) is 0 Å². The molecule has 0 spiro atoms. The van der Waals surface area contributed by atoms with Gasteiger partial charge in [-0.15, -0.1) is 0 Å². The first-order chi connectivity index (χ1) is 7.20. The van der Waals surface area contributed by atoms with Crippen LogP contribution in [0.3, 0.4) is 0 Å². The van der Waals surface area contributed by atoms with E-state index in [1.165, 1.54) is 0 Å². The van der Waals surface area contributed by atoms with Crippen molar-refractivity contribution in [1.29, 1.82) is 0 Å². The molecule has 0 aliphatic carbocycles. The van der Waals surface area contributed by atoms with E-state index in [1.54, 1.807) is 6.26 Å². The minimum absolute atomic E-state index is 0.199. The maximum atomic E-state index is 11.5. The van der Waals surface area contributed by atoms with Crippen LogP contribution in [0.25, 0.3) is 0 Å². The van der Waals surface area contributed by atoms with E-state index < -0.39 is 10.8 Å². The Morgan fingerprint density at radius 1 is 1.40 bits per heavy atom. The molecule has 1 unspecified atom stereocenters. The molecule has 1 saturated heterocycles. The van der Waals surface area contributed by atoms with Crippen LogP contribution in [-0.2, 0) is 15.6 Å². The summed E-state index contributed by atoms with van der Waals surface area (Å²) in [6.07, 6.45) is 4.85. The van der Waals surface area contributed by atoms with E-state index in [2.05, 4.69) is 5.32 Å². The summed E-state index contributed by atoms with van der Waals surface area (Å²) in [7, 11) is -0.717. The van der Waals surface area contributed by atoms with Crippen molar-refractivity contribution in [1.82, 2.24) is 10.2 Å². The highest BCUT2D eigenvalue weighted by atomic mass is 32.2. The van der Waals surface area contributed by atoms with Crippen molar-refractivity contribution in [2.24, 2.45) is 0 Å². The number of nitrogens with zero attached hydrogens (tertiary/aromatic N) is 1. The lowest BCUT2D eigenvalue weighted by Crippen LogP contribution is -2.36. The molecule has 1 fully saturated rings. The van der Waals surface area contributed by atoms with E-state index in [0.717, 1.165) is 38.9 Å². The van der Waals surface area contributed by atoms with Crippen molar-refractivity contribution in [2.75, 3.05) is 38.2 Å². The summed E-state index contributed by atoms with van der Waals surface area (Å²) in [5.74, 6) is 0.912. The molecular formula is C10H20N2O2S. The van der Waals surface area contributed by atoms with Crippen molar-refractivity contribution in [2.45, 2.75) is 19.3 Å². The molecule has 0 aromatic heterocycles. The van der Waals surface area contributed by atoms with Gasteiger partial charge in [-0.2, -0.15) is 0 Å². The Morgan fingerprint density at radius 3 is 2.67 bits per heavy atom. The van der Waals surface area contributed by atoms with Gasteiger partial charge in [-0.1, -0.05) is 0 Å². The zero-order chi connectivity index (χ0) is 11.1. The van der Waals surface area contributed by atoms with E-state index in [0.29, 0.717) is 12.3 Å². The largest absolute Gasteiger partial charge is 0.342 e. The fraction of sp³-hybridized carbons (Fsp3) is 0.900. The second-order valence-corrected chi connectivity index (χ2v) is 5.45. The van der Waals surface area contributed by atoms with E-state index >= 15 is 0 Å². The van der Waals surface area contributed by atoms with E-state index in [4.69, 9.17) is 0 Å². The average Bonchev–Trinajstić information content (AvgIpc) is 2.69. The summed E-state index contributed by atoms with van der Waals surface area (Å²) in [4.78, 5) is 13.5. The molecule has 1 amide bonds. The average molecular weight is 232 g/mol. The summed E-state index contributed by atoms with van der Waals surface area (Å²) in [5, 5.41) is 3.09. The fourth-order valence-electron chi connectivity index (χ4n) is 1.67. The predicted octanol–water partition coefficient (Wildman–Crippen LogP) is -0.0330. The molecule has 1 atom stereocenters. The SMILES string of the molecule is CS(=O)CCCNCC(=O)N1CCCC1. The summed E-state index contributed by atoms with van der Waals surface area (Å²) in [6, 6.07) is 0. The first kappa shape index (κ1) is 12.6. The molecule has 1 aliphatic rings. The number of carbonyl (C=O) groups is 1. The Hall–Kier alpha value is -0.420. The highest BCUT2D eigenvalue weighted by Crippen LogP contribution is 2.06. The zero-order valence-corrected chi connectivity index (χ0v) is 10.1. The highest BCUT2D eigenvalue weighted by Gasteiger charge is 2.16. The van der Waals surface area contributed by atoms with Crippen LogP contribution < -0.4 is 5.32 Å². The molecule has 0 aromatic carbocycles. The summed E-state index contributed by atoms with van der Waals surface area (Å²) < 4.78 is 10.8. The van der Waals surface area contributed by atoms with E-state index in [1.807, 2.05) is 4.90 Å². The molecule has 0 radical (unpaired) electrons. The summed E-state index contributed by atoms with van der Waals surface area (Å²) in [5.41, 5.74) is 0. The predicted molar refractivity (Wildman–Crippen MR) is 62.2 cm³/mol. The normalized spacial score (nSPS) is 18.1. The maximum Gasteiger partial charge on any atom is 0.236 e. The highest BCUT2D eigenvalue weighted by molar-refractivity contribution is 7.84. The van der Waals surface area contributed by atoms with Crippen molar-refractivity contribution in [3.8, 4) is 0 Å². The maximum absolute atomic E-state index is 11.5. The lowest BCUT2D eigenvalue weighted by Gasteiger charge is -2.15. The first-order valence-corrected chi connectivity index (χ1v) is 7.21. The third-order valence-corrected chi connectivity index (χ3v) is 3.38. The molecule has 1 rings (SSSR count). The van der Waals surface area contributed by atoms with Crippen molar-refractivity contribution >= 4 is 16.7 Å². The number of likely N-dealkylation sites (tertiary alicyclic amines) is 1. The Labute approximate surface area is 93.9 Å². The molecule has 1 N–H and O–H groups in total. The third-order valence-electron chi connectivity index (χ3n) is 2.52. The third kappa shape index (κ3) is 5.28. The quantitative estimate of drug-likeness (QED) is 0.654. The molecule has 15 heavy (non-hydrogen) atoms. The Morgan fingerprint density at radius 2 is 2.07 bits per heavy atom. The number of amides is 1. The monoisotopic (exact) mass is 232 g/mol. The zero-order valence-electron chi connectivity index (χ0n) is 9.33. The van der Waals surface area contributed by atoms with Gasteiger partial charge in [-0.3, -0.25) is 9.00 Å². The van der Waals surface area contributed by atoms with Gasteiger partial charge in [-0.05, 0) is 25.8 Å². The molecular weight excluding hydrogens is 212 g/mol. The van der Waals surface area contributed by atoms with E-state index in [9.17, 15) is 9.00 Å². The number of carbonyl (C=O) groups excluding carboxylic acids is 1. The Bertz CT molecular complexity index is 227. The van der Waals surface area contributed by atoms with Crippen LogP contribution >= 0.6 is 0 Å².